The highest BCUT2D eigenvalue weighted by atomic mass is 19.4. The number of nitrogens with zero attached hydrogens (tertiary/aromatic N) is 4. The molecule has 0 spiro atoms. The summed E-state index contributed by atoms with van der Waals surface area (Å²) in [5.74, 6) is -2.33. The van der Waals surface area contributed by atoms with Crippen molar-refractivity contribution in [2.75, 3.05) is 5.32 Å². The minimum atomic E-state index is -4.65. The summed E-state index contributed by atoms with van der Waals surface area (Å²) in [5, 5.41) is 7.22. The molecule has 23 heavy (non-hydrogen) atoms. The van der Waals surface area contributed by atoms with Crippen molar-refractivity contribution < 1.29 is 18.0 Å². The van der Waals surface area contributed by atoms with Gasteiger partial charge in [-0.2, -0.15) is 18.2 Å². The smallest absolute Gasteiger partial charge is 0.306 e. The van der Waals surface area contributed by atoms with Crippen molar-refractivity contribution in [2.45, 2.75) is 6.18 Å². The van der Waals surface area contributed by atoms with Crippen LogP contribution in [0.5, 0.6) is 0 Å². The number of aromatic nitrogens is 5. The molecular weight excluding hydrogens is 313 g/mol. The summed E-state index contributed by atoms with van der Waals surface area (Å²) < 4.78 is 38.9. The van der Waals surface area contributed by atoms with Crippen LogP contribution in [-0.2, 0) is 6.18 Å². The van der Waals surface area contributed by atoms with Gasteiger partial charge >= 0.3 is 6.18 Å². The van der Waals surface area contributed by atoms with Gasteiger partial charge in [-0.15, -0.1) is 5.10 Å². The van der Waals surface area contributed by atoms with Gasteiger partial charge in [-0.05, 0) is 24.3 Å². The topological polar surface area (TPSA) is 88.5 Å². The van der Waals surface area contributed by atoms with Crippen LogP contribution in [0.3, 0.4) is 0 Å². The molecule has 1 aromatic carbocycles. The van der Waals surface area contributed by atoms with E-state index >= 15 is 0 Å². The molecule has 0 atom stereocenters. The van der Waals surface area contributed by atoms with Crippen LogP contribution in [-0.4, -0.2) is 30.6 Å². The van der Waals surface area contributed by atoms with Gasteiger partial charge in [-0.3, -0.25) is 15.2 Å². The van der Waals surface area contributed by atoms with Crippen molar-refractivity contribution in [3.8, 4) is 5.69 Å². The number of rotatable bonds is 3. The fraction of sp³-hybridized carbons (Fsp3) is 0.0769. The summed E-state index contributed by atoms with van der Waals surface area (Å²) in [5.41, 5.74) is 1.04. The van der Waals surface area contributed by atoms with E-state index in [2.05, 4.69) is 20.4 Å². The van der Waals surface area contributed by atoms with Crippen LogP contribution in [0.1, 0.15) is 16.2 Å². The number of imidazole rings is 1. The molecule has 7 nitrogen and oxygen atoms in total. The van der Waals surface area contributed by atoms with Gasteiger partial charge in [-0.25, -0.2) is 4.98 Å². The molecule has 0 aliphatic rings. The second-order valence-electron chi connectivity index (χ2n) is 4.48. The van der Waals surface area contributed by atoms with Crippen LogP contribution in [0.4, 0.5) is 19.1 Å². The van der Waals surface area contributed by atoms with E-state index < -0.39 is 23.9 Å². The molecule has 2 aromatic heterocycles. The summed E-state index contributed by atoms with van der Waals surface area (Å²) in [6.07, 6.45) is 0.299. The molecule has 3 rings (SSSR count). The summed E-state index contributed by atoms with van der Waals surface area (Å²) in [4.78, 5) is 19.0. The van der Waals surface area contributed by atoms with E-state index in [1.165, 1.54) is 12.1 Å². The fourth-order valence-electron chi connectivity index (χ4n) is 1.81. The van der Waals surface area contributed by atoms with Crippen molar-refractivity contribution >= 4 is 11.9 Å². The molecule has 1 amide bonds. The van der Waals surface area contributed by atoms with Crippen LogP contribution >= 0.6 is 0 Å². The Kier molecular flexibility index (Phi) is 3.56. The Morgan fingerprint density at radius 2 is 1.96 bits per heavy atom. The predicted molar refractivity (Wildman–Crippen MR) is 72.9 cm³/mol. The number of alkyl halides is 3. The molecule has 0 saturated heterocycles. The number of benzene rings is 1. The number of carbonyl (C=O) groups excluding carboxylic acids is 1. The number of hydrogen-bond donors (Lipinski definition) is 2. The first kappa shape index (κ1) is 14.8. The molecule has 0 saturated carbocycles. The normalized spacial score (nSPS) is 11.4. The van der Waals surface area contributed by atoms with E-state index in [1.54, 1.807) is 40.5 Å². The van der Waals surface area contributed by atoms with Gasteiger partial charge in [0.2, 0.25) is 11.8 Å². The molecular formula is C13H9F3N6O. The third-order valence-electron chi connectivity index (χ3n) is 2.91. The van der Waals surface area contributed by atoms with E-state index in [9.17, 15) is 18.0 Å². The van der Waals surface area contributed by atoms with Gasteiger partial charge in [0.25, 0.3) is 5.91 Å². The SMILES string of the molecule is O=C(Nc1n[nH]c(C(F)(F)F)n1)c1ccc(-n2ccnc2)cc1. The first-order chi connectivity index (χ1) is 10.9. The molecule has 0 aliphatic heterocycles. The second kappa shape index (κ2) is 5.55. The highest BCUT2D eigenvalue weighted by Gasteiger charge is 2.35. The minimum Gasteiger partial charge on any atom is -0.306 e. The lowest BCUT2D eigenvalue weighted by atomic mass is 10.2. The molecule has 0 radical (unpaired) electrons. The van der Waals surface area contributed by atoms with Crippen molar-refractivity contribution in [1.82, 2.24) is 24.7 Å². The lowest BCUT2D eigenvalue weighted by Crippen LogP contribution is -2.13. The Morgan fingerprint density at radius 3 is 2.52 bits per heavy atom. The van der Waals surface area contributed by atoms with Crippen LogP contribution in [0.2, 0.25) is 0 Å². The zero-order valence-corrected chi connectivity index (χ0v) is 11.4. The van der Waals surface area contributed by atoms with Crippen LogP contribution < -0.4 is 5.32 Å². The Hall–Kier alpha value is -3.17. The molecule has 3 aromatic rings. The van der Waals surface area contributed by atoms with Gasteiger partial charge in [0.15, 0.2) is 0 Å². The van der Waals surface area contributed by atoms with E-state index in [1.807, 2.05) is 0 Å². The fourth-order valence-corrected chi connectivity index (χ4v) is 1.81. The Bertz CT molecular complexity index is 807. The summed E-state index contributed by atoms with van der Waals surface area (Å²) in [6.45, 7) is 0. The summed E-state index contributed by atoms with van der Waals surface area (Å²) in [6, 6.07) is 6.41. The van der Waals surface area contributed by atoms with Gasteiger partial charge in [0, 0.05) is 23.6 Å². The van der Waals surface area contributed by atoms with Crippen molar-refractivity contribution in [2.24, 2.45) is 0 Å². The zero-order valence-electron chi connectivity index (χ0n) is 11.4. The number of aromatic amines is 1. The van der Waals surface area contributed by atoms with Gasteiger partial charge in [0.05, 0.1) is 6.33 Å². The lowest BCUT2D eigenvalue weighted by molar-refractivity contribution is -0.144. The molecule has 118 valence electrons. The quantitative estimate of drug-likeness (QED) is 0.774. The highest BCUT2D eigenvalue weighted by molar-refractivity contribution is 6.03. The maximum absolute atomic E-state index is 12.4. The Balaban J connectivity index is 1.72. The Morgan fingerprint density at radius 1 is 1.22 bits per heavy atom. The second-order valence-corrected chi connectivity index (χ2v) is 4.48. The van der Waals surface area contributed by atoms with Crippen LogP contribution in [0.25, 0.3) is 5.69 Å². The van der Waals surface area contributed by atoms with Crippen LogP contribution in [0, 0.1) is 0 Å². The van der Waals surface area contributed by atoms with E-state index in [-0.39, 0.29) is 5.56 Å². The van der Waals surface area contributed by atoms with Crippen molar-refractivity contribution in [3.63, 3.8) is 0 Å². The molecule has 0 unspecified atom stereocenters. The number of amides is 1. The molecule has 2 heterocycles. The van der Waals surface area contributed by atoms with Gasteiger partial charge in [0.1, 0.15) is 0 Å². The summed E-state index contributed by atoms with van der Waals surface area (Å²) in [7, 11) is 0. The maximum Gasteiger partial charge on any atom is 0.451 e. The number of carbonyl (C=O) groups is 1. The Labute approximate surface area is 127 Å². The minimum absolute atomic E-state index is 0.257. The van der Waals surface area contributed by atoms with E-state index in [0.717, 1.165) is 5.69 Å². The predicted octanol–water partition coefficient (Wildman–Crippen LogP) is 2.26. The number of anilines is 1. The van der Waals surface area contributed by atoms with E-state index in [0.29, 0.717) is 0 Å². The number of hydrogen-bond acceptors (Lipinski definition) is 4. The molecule has 0 bridgehead atoms. The van der Waals surface area contributed by atoms with E-state index in [4.69, 9.17) is 0 Å². The lowest BCUT2D eigenvalue weighted by Gasteiger charge is -2.04. The van der Waals surface area contributed by atoms with Crippen molar-refractivity contribution in [1.29, 1.82) is 0 Å². The van der Waals surface area contributed by atoms with Crippen molar-refractivity contribution in [3.05, 3.63) is 54.4 Å². The number of H-pyrrole nitrogens is 1. The number of nitrogens with one attached hydrogen (secondary N) is 2. The summed E-state index contributed by atoms with van der Waals surface area (Å²) >= 11 is 0. The zero-order chi connectivity index (χ0) is 16.4. The molecule has 2 N–H and O–H groups in total. The van der Waals surface area contributed by atoms with Gasteiger partial charge < -0.3 is 4.57 Å². The third-order valence-corrected chi connectivity index (χ3v) is 2.91. The monoisotopic (exact) mass is 322 g/mol. The molecule has 0 fully saturated rings. The van der Waals surface area contributed by atoms with Gasteiger partial charge in [-0.1, -0.05) is 0 Å². The molecule has 0 aliphatic carbocycles. The maximum atomic E-state index is 12.4. The first-order valence-electron chi connectivity index (χ1n) is 6.33. The average molecular weight is 322 g/mol. The number of halogens is 3. The first-order valence-corrected chi connectivity index (χ1v) is 6.33. The highest BCUT2D eigenvalue weighted by Crippen LogP contribution is 2.26. The van der Waals surface area contributed by atoms with Crippen LogP contribution in [0.15, 0.2) is 43.0 Å². The largest absolute Gasteiger partial charge is 0.451 e. The third kappa shape index (κ3) is 3.20. The standard InChI is InChI=1S/C13H9F3N6O/c14-13(15,16)11-19-12(21-20-11)18-10(23)8-1-3-9(4-2-8)22-6-5-17-7-22/h1-7H,(H2,18,19,20,21,23). The molecule has 10 heteroatoms. The average Bonchev–Trinajstić information content (AvgIpc) is 3.18.